The van der Waals surface area contributed by atoms with Crippen molar-refractivity contribution >= 4 is 15.9 Å². The van der Waals surface area contributed by atoms with E-state index in [-0.39, 0.29) is 10.7 Å². The number of sulfonamides is 1. The third kappa shape index (κ3) is 3.12. The Morgan fingerprint density at radius 2 is 2.00 bits per heavy atom. The first-order valence-corrected chi connectivity index (χ1v) is 10.6. The highest BCUT2D eigenvalue weighted by atomic mass is 32.2. The first-order chi connectivity index (χ1) is 12.9. The zero-order valence-corrected chi connectivity index (χ0v) is 16.3. The van der Waals surface area contributed by atoms with E-state index < -0.39 is 10.0 Å². The van der Waals surface area contributed by atoms with E-state index in [1.165, 1.54) is 12.6 Å². The lowest BCUT2D eigenvalue weighted by Crippen LogP contribution is -2.47. The van der Waals surface area contributed by atoms with Crippen LogP contribution in [0.25, 0.3) is 0 Å². The molecule has 4 rings (SSSR count). The van der Waals surface area contributed by atoms with Gasteiger partial charge in [0, 0.05) is 25.3 Å². The predicted octanol–water partition coefficient (Wildman–Crippen LogP) is 1.26. The molecule has 0 aromatic heterocycles. The molecule has 1 aromatic carbocycles. The molecule has 0 amide bonds. The lowest BCUT2D eigenvalue weighted by Gasteiger charge is -2.27. The second-order valence-electron chi connectivity index (χ2n) is 7.42. The summed E-state index contributed by atoms with van der Waals surface area (Å²) < 4.78 is 26.9. The van der Waals surface area contributed by atoms with E-state index in [9.17, 15) is 8.42 Å². The summed E-state index contributed by atoms with van der Waals surface area (Å²) in [7, 11) is -2.01. The van der Waals surface area contributed by atoms with Crippen LogP contribution in [0.5, 0.6) is 0 Å². The number of nitrogens with one attached hydrogen (secondary N) is 4. The minimum atomic E-state index is -3.80. The molecule has 4 N–H and O–H groups in total. The third-order valence-electron chi connectivity index (χ3n) is 5.61. The highest BCUT2D eigenvalue weighted by molar-refractivity contribution is 7.89. The van der Waals surface area contributed by atoms with Crippen LogP contribution in [0, 0.1) is 18.3 Å². The van der Waals surface area contributed by atoms with Crippen LogP contribution in [-0.4, -0.2) is 44.2 Å². The minimum absolute atomic E-state index is 0.0523. The second kappa shape index (κ2) is 6.69. The maximum atomic E-state index is 12.9. The van der Waals surface area contributed by atoms with Crippen molar-refractivity contribution in [1.82, 2.24) is 20.3 Å². The van der Waals surface area contributed by atoms with Crippen LogP contribution in [0.15, 0.2) is 52.8 Å². The smallest absolute Gasteiger partial charge is 0.269 e. The van der Waals surface area contributed by atoms with Crippen molar-refractivity contribution in [2.45, 2.75) is 36.7 Å². The molecule has 2 fully saturated rings. The van der Waals surface area contributed by atoms with Crippen molar-refractivity contribution in [3.63, 3.8) is 0 Å². The molecule has 1 aromatic rings. The van der Waals surface area contributed by atoms with E-state index in [1.54, 1.807) is 37.4 Å². The monoisotopic (exact) mass is 387 g/mol. The summed E-state index contributed by atoms with van der Waals surface area (Å²) in [5.74, 6) is 1.34. The number of fused-ring (bicyclic) bond motifs is 2. The number of aryl methyl sites for hydroxylation is 1. The number of nitrogens with zero attached hydrogens (tertiary/aromatic N) is 1. The van der Waals surface area contributed by atoms with E-state index in [1.807, 2.05) is 6.92 Å². The summed E-state index contributed by atoms with van der Waals surface area (Å²) in [5, 5.41) is 18.5. The highest BCUT2D eigenvalue weighted by Gasteiger charge is 2.40. The molecule has 2 aliphatic heterocycles. The van der Waals surface area contributed by atoms with E-state index in [2.05, 4.69) is 16.0 Å². The molecule has 1 saturated carbocycles. The lowest BCUT2D eigenvalue weighted by molar-refractivity contribution is 0.396. The Labute approximate surface area is 160 Å². The normalized spacial score (nSPS) is 28.7. The van der Waals surface area contributed by atoms with Crippen LogP contribution >= 0.6 is 0 Å². The van der Waals surface area contributed by atoms with Crippen LogP contribution in [0.1, 0.15) is 18.4 Å². The molecule has 144 valence electrons. The minimum Gasteiger partial charge on any atom is -0.374 e. The Bertz CT molecular complexity index is 920. The summed E-state index contributed by atoms with van der Waals surface area (Å²) in [5.41, 5.74) is 1.54. The Morgan fingerprint density at radius 3 is 2.59 bits per heavy atom. The van der Waals surface area contributed by atoms with Crippen LogP contribution in [-0.2, 0) is 10.0 Å². The molecule has 0 spiro atoms. The molecule has 8 heteroatoms. The van der Waals surface area contributed by atoms with Crippen LogP contribution < -0.4 is 16.0 Å². The maximum Gasteiger partial charge on any atom is 0.269 e. The van der Waals surface area contributed by atoms with Crippen molar-refractivity contribution in [2.75, 3.05) is 13.6 Å². The largest absolute Gasteiger partial charge is 0.374 e. The quantitative estimate of drug-likeness (QED) is 0.610. The average molecular weight is 388 g/mol. The topological polar surface area (TPSA) is 97.3 Å². The fourth-order valence-corrected chi connectivity index (χ4v) is 5.39. The Balaban J connectivity index is 1.57. The molecule has 1 aliphatic carbocycles. The van der Waals surface area contributed by atoms with Gasteiger partial charge in [0.05, 0.1) is 10.5 Å². The molecule has 3 unspecified atom stereocenters. The zero-order chi connectivity index (χ0) is 19.2. The van der Waals surface area contributed by atoms with Gasteiger partial charge in [-0.05, 0) is 50.4 Å². The number of piperidine rings is 1. The van der Waals surface area contributed by atoms with Gasteiger partial charge in [-0.1, -0.05) is 17.7 Å². The van der Waals surface area contributed by atoms with Gasteiger partial charge in [-0.25, -0.2) is 12.7 Å². The number of hydrogen-bond donors (Lipinski definition) is 4. The molecular weight excluding hydrogens is 362 g/mol. The van der Waals surface area contributed by atoms with Crippen molar-refractivity contribution in [3.8, 4) is 0 Å². The Morgan fingerprint density at radius 1 is 1.26 bits per heavy atom. The summed E-state index contributed by atoms with van der Waals surface area (Å²) in [6, 6.07) is 7.40. The van der Waals surface area contributed by atoms with Gasteiger partial charge in [0.1, 0.15) is 11.7 Å². The summed E-state index contributed by atoms with van der Waals surface area (Å²) in [6.07, 6.45) is 5.39. The molecule has 7 nitrogen and oxygen atoms in total. The molecular formula is C19H25N5O2S. The van der Waals surface area contributed by atoms with Gasteiger partial charge in [-0.15, -0.1) is 0 Å². The van der Waals surface area contributed by atoms with Gasteiger partial charge >= 0.3 is 0 Å². The van der Waals surface area contributed by atoms with Gasteiger partial charge in [0.2, 0.25) is 0 Å². The van der Waals surface area contributed by atoms with Crippen molar-refractivity contribution in [2.24, 2.45) is 5.92 Å². The fraction of sp³-hybridized carbons (Fsp3) is 0.421. The fourth-order valence-electron chi connectivity index (χ4n) is 4.12. The summed E-state index contributed by atoms with van der Waals surface area (Å²) in [4.78, 5) is 0.181. The molecule has 3 aliphatic rings. The van der Waals surface area contributed by atoms with Crippen molar-refractivity contribution in [3.05, 3.63) is 53.5 Å². The first kappa shape index (κ1) is 18.1. The Kier molecular flexibility index (Phi) is 4.47. The van der Waals surface area contributed by atoms with Crippen molar-refractivity contribution in [1.29, 1.82) is 5.41 Å². The summed E-state index contributed by atoms with van der Waals surface area (Å²) in [6.45, 7) is 2.98. The number of benzene rings is 1. The number of hydrogen-bond acceptors (Lipinski definition) is 6. The SMILES string of the molecule is CN/C(NC1CC2CNC1C2)=C1/C=CN(S(=O)(=O)c2ccc(C)cc2)C1=N. The molecule has 1 saturated heterocycles. The van der Waals surface area contributed by atoms with Crippen LogP contribution in [0.2, 0.25) is 0 Å². The van der Waals surface area contributed by atoms with E-state index in [0.717, 1.165) is 22.8 Å². The zero-order valence-electron chi connectivity index (χ0n) is 15.5. The average Bonchev–Trinajstić information content (AvgIpc) is 3.36. The lowest BCUT2D eigenvalue weighted by atomic mass is 10.1. The van der Waals surface area contributed by atoms with E-state index in [4.69, 9.17) is 5.41 Å². The standard InChI is InChI=1S/C19H25N5O2S/c1-12-3-5-14(6-4-12)27(25,26)24-8-7-15(18(24)20)19(21-2)23-17-10-13-9-16(17)22-11-13/h3-8,13,16-17,20-23H,9-11H2,1-2H3/b19-15+,20-18?. The van der Waals surface area contributed by atoms with E-state index >= 15 is 0 Å². The first-order valence-electron chi connectivity index (χ1n) is 9.20. The molecule has 0 radical (unpaired) electrons. The van der Waals surface area contributed by atoms with E-state index in [0.29, 0.717) is 29.4 Å². The molecule has 2 bridgehead atoms. The second-order valence-corrected chi connectivity index (χ2v) is 9.23. The van der Waals surface area contributed by atoms with Crippen LogP contribution in [0.3, 0.4) is 0 Å². The maximum absolute atomic E-state index is 12.9. The van der Waals surface area contributed by atoms with Gasteiger partial charge in [0.25, 0.3) is 10.0 Å². The number of amidine groups is 1. The summed E-state index contributed by atoms with van der Waals surface area (Å²) >= 11 is 0. The molecule has 3 atom stereocenters. The van der Waals surface area contributed by atoms with Gasteiger partial charge in [0.15, 0.2) is 0 Å². The molecule has 2 heterocycles. The van der Waals surface area contributed by atoms with Gasteiger partial charge in [-0.3, -0.25) is 5.41 Å². The Hall–Kier alpha value is -2.32. The van der Waals surface area contributed by atoms with Gasteiger partial charge in [-0.2, -0.15) is 0 Å². The van der Waals surface area contributed by atoms with Crippen LogP contribution in [0.4, 0.5) is 0 Å². The third-order valence-corrected chi connectivity index (χ3v) is 7.30. The number of rotatable bonds is 5. The predicted molar refractivity (Wildman–Crippen MR) is 105 cm³/mol. The highest BCUT2D eigenvalue weighted by Crippen LogP contribution is 2.32. The van der Waals surface area contributed by atoms with Crippen molar-refractivity contribution < 1.29 is 8.42 Å². The molecule has 27 heavy (non-hydrogen) atoms. The van der Waals surface area contributed by atoms with Gasteiger partial charge < -0.3 is 16.0 Å².